The normalized spacial score (nSPS) is 15.2. The summed E-state index contributed by atoms with van der Waals surface area (Å²) in [7, 11) is 2.16. The summed E-state index contributed by atoms with van der Waals surface area (Å²) in [5.74, 6) is 0. The molecule has 0 saturated carbocycles. The van der Waals surface area contributed by atoms with E-state index in [0.717, 1.165) is 0 Å². The van der Waals surface area contributed by atoms with Crippen molar-refractivity contribution in [3.05, 3.63) is 34.8 Å². The molecule has 0 saturated heterocycles. The van der Waals surface area contributed by atoms with E-state index in [1.807, 2.05) is 0 Å². The Balaban J connectivity index is 2.71. The van der Waals surface area contributed by atoms with Crippen molar-refractivity contribution in [3.63, 3.8) is 0 Å². The van der Waals surface area contributed by atoms with E-state index in [2.05, 4.69) is 48.9 Å². The van der Waals surface area contributed by atoms with E-state index >= 15 is 0 Å². The van der Waals surface area contributed by atoms with E-state index in [4.69, 9.17) is 0 Å². The van der Waals surface area contributed by atoms with Crippen molar-refractivity contribution >= 4 is 22.6 Å². The van der Waals surface area contributed by atoms with Gasteiger partial charge >= 0.3 is 0 Å². The Morgan fingerprint density at radius 2 is 2.00 bits per heavy atom. The van der Waals surface area contributed by atoms with Crippen LogP contribution in [-0.2, 0) is 7.05 Å². The zero-order valence-electron chi connectivity index (χ0n) is 9.25. The quantitative estimate of drug-likeness (QED) is 0.608. The molecule has 1 aromatic carbocycles. The summed E-state index contributed by atoms with van der Waals surface area (Å²) in [6.07, 6.45) is 4.76. The lowest BCUT2D eigenvalue weighted by Gasteiger charge is -2.03. The van der Waals surface area contributed by atoms with Crippen molar-refractivity contribution in [1.82, 2.24) is 4.57 Å². The fourth-order valence-electron chi connectivity index (χ4n) is 2.65. The highest BCUT2D eigenvalue weighted by molar-refractivity contribution is 5.83. The summed E-state index contributed by atoms with van der Waals surface area (Å²) in [6, 6.07) is 8.68. The second-order valence-electron chi connectivity index (χ2n) is 4.36. The first-order valence-electron chi connectivity index (χ1n) is 5.52. The van der Waals surface area contributed by atoms with Gasteiger partial charge < -0.3 is 4.57 Å². The third-order valence-electron chi connectivity index (χ3n) is 3.44. The van der Waals surface area contributed by atoms with Crippen LogP contribution in [0.5, 0.6) is 0 Å². The van der Waals surface area contributed by atoms with Crippen molar-refractivity contribution in [2.75, 3.05) is 0 Å². The molecule has 15 heavy (non-hydrogen) atoms. The zero-order chi connectivity index (χ0) is 10.4. The molecule has 0 fully saturated rings. The third-order valence-corrected chi connectivity index (χ3v) is 3.44. The molecule has 0 unspecified atom stereocenters. The average Bonchev–Trinajstić information content (AvgIpc) is 2.55. The van der Waals surface area contributed by atoms with Crippen LogP contribution >= 0.6 is 0 Å². The van der Waals surface area contributed by atoms with Crippen LogP contribution in [-0.4, -0.2) is 4.57 Å². The van der Waals surface area contributed by atoms with Gasteiger partial charge in [-0.2, -0.15) is 0 Å². The Morgan fingerprint density at radius 1 is 1.20 bits per heavy atom. The van der Waals surface area contributed by atoms with Crippen LogP contribution in [0.25, 0.3) is 22.6 Å². The molecule has 0 atom stereocenters. The van der Waals surface area contributed by atoms with Gasteiger partial charge in [-0.15, -0.1) is 0 Å². The van der Waals surface area contributed by atoms with E-state index < -0.39 is 0 Å². The predicted molar refractivity (Wildman–Crippen MR) is 65.0 cm³/mol. The molecule has 1 aromatic heterocycles. The van der Waals surface area contributed by atoms with Crippen molar-refractivity contribution < 1.29 is 0 Å². The van der Waals surface area contributed by atoms with Crippen LogP contribution in [0.15, 0.2) is 24.3 Å². The SMILES string of the molecule is CC1=c2c(n(C)c3ccccc23)=CCC1. The molecular weight excluding hydrogens is 182 g/mol. The molecule has 0 bridgehead atoms. The largest absolute Gasteiger partial charge is 0.344 e. The lowest BCUT2D eigenvalue weighted by Crippen LogP contribution is -2.31. The van der Waals surface area contributed by atoms with E-state index in [0.29, 0.717) is 0 Å². The van der Waals surface area contributed by atoms with E-state index in [1.165, 1.54) is 39.9 Å². The molecule has 3 rings (SSSR count). The molecule has 0 radical (unpaired) electrons. The summed E-state index contributed by atoms with van der Waals surface area (Å²) in [6.45, 7) is 2.26. The Morgan fingerprint density at radius 3 is 2.87 bits per heavy atom. The van der Waals surface area contributed by atoms with Crippen molar-refractivity contribution in [3.8, 4) is 0 Å². The summed E-state index contributed by atoms with van der Waals surface area (Å²) in [5.41, 5.74) is 2.88. The van der Waals surface area contributed by atoms with Gasteiger partial charge in [0, 0.05) is 28.5 Å². The van der Waals surface area contributed by atoms with Gasteiger partial charge in [-0.3, -0.25) is 0 Å². The lowest BCUT2D eigenvalue weighted by molar-refractivity contribution is 0.904. The summed E-state index contributed by atoms with van der Waals surface area (Å²) in [4.78, 5) is 0. The molecule has 76 valence electrons. The van der Waals surface area contributed by atoms with Gasteiger partial charge in [-0.1, -0.05) is 29.8 Å². The number of hydrogen-bond acceptors (Lipinski definition) is 0. The maximum atomic E-state index is 2.36. The van der Waals surface area contributed by atoms with Crippen molar-refractivity contribution in [1.29, 1.82) is 0 Å². The highest BCUT2D eigenvalue weighted by atomic mass is 14.9. The highest BCUT2D eigenvalue weighted by Crippen LogP contribution is 2.13. The standard InChI is InChI=1S/C14H15N/c1-10-6-5-9-13-14(10)11-7-3-4-8-12(11)15(13)2/h3-4,7-9H,5-6H2,1-2H3. The zero-order valence-corrected chi connectivity index (χ0v) is 9.25. The molecule has 0 N–H and O–H groups in total. The van der Waals surface area contributed by atoms with Crippen molar-refractivity contribution in [2.24, 2.45) is 7.05 Å². The van der Waals surface area contributed by atoms with Gasteiger partial charge in [0.1, 0.15) is 0 Å². The smallest absolute Gasteiger partial charge is 0.0488 e. The monoisotopic (exact) mass is 197 g/mol. The number of aryl methyl sites for hydroxylation is 1. The lowest BCUT2D eigenvalue weighted by atomic mass is 10.0. The second-order valence-corrected chi connectivity index (χ2v) is 4.36. The number of benzene rings is 1. The molecule has 2 aromatic rings. The maximum Gasteiger partial charge on any atom is 0.0488 e. The van der Waals surface area contributed by atoms with Crippen LogP contribution in [0.3, 0.4) is 0 Å². The molecule has 0 aliphatic heterocycles. The topological polar surface area (TPSA) is 4.93 Å². The summed E-state index contributed by atoms with van der Waals surface area (Å²) >= 11 is 0. The van der Waals surface area contributed by atoms with Gasteiger partial charge in [0.2, 0.25) is 0 Å². The molecule has 1 heterocycles. The molecule has 1 nitrogen and oxygen atoms in total. The molecule has 0 spiro atoms. The Hall–Kier alpha value is -1.50. The summed E-state index contributed by atoms with van der Waals surface area (Å²) < 4.78 is 2.31. The molecule has 1 aliphatic rings. The minimum absolute atomic E-state index is 1.18. The van der Waals surface area contributed by atoms with Crippen LogP contribution < -0.4 is 10.6 Å². The summed E-state index contributed by atoms with van der Waals surface area (Å²) in [5, 5.41) is 4.28. The van der Waals surface area contributed by atoms with Gasteiger partial charge in [0.05, 0.1) is 0 Å². The van der Waals surface area contributed by atoms with E-state index in [9.17, 15) is 0 Å². The number of aromatic nitrogens is 1. The Labute approximate surface area is 89.3 Å². The molecular formula is C14H15N. The number of para-hydroxylation sites is 1. The molecule has 1 heteroatoms. The first-order chi connectivity index (χ1) is 7.29. The van der Waals surface area contributed by atoms with E-state index in [-0.39, 0.29) is 0 Å². The third kappa shape index (κ3) is 1.09. The fourth-order valence-corrected chi connectivity index (χ4v) is 2.65. The second kappa shape index (κ2) is 2.99. The fraction of sp³-hybridized carbons (Fsp3) is 0.286. The average molecular weight is 197 g/mol. The van der Waals surface area contributed by atoms with Crippen LogP contribution in [0.4, 0.5) is 0 Å². The van der Waals surface area contributed by atoms with Crippen molar-refractivity contribution in [2.45, 2.75) is 19.8 Å². The maximum absolute atomic E-state index is 2.36. The Bertz CT molecular complexity index is 644. The number of fused-ring (bicyclic) bond motifs is 3. The molecule has 1 aliphatic carbocycles. The predicted octanol–water partition coefficient (Wildman–Crippen LogP) is 1.92. The Kier molecular flexibility index (Phi) is 1.75. The van der Waals surface area contributed by atoms with E-state index in [1.54, 1.807) is 0 Å². The van der Waals surface area contributed by atoms with Gasteiger partial charge in [0.25, 0.3) is 0 Å². The van der Waals surface area contributed by atoms with Gasteiger partial charge in [-0.05, 0) is 25.8 Å². The van der Waals surface area contributed by atoms with Crippen LogP contribution in [0.2, 0.25) is 0 Å². The number of rotatable bonds is 0. The first-order valence-corrected chi connectivity index (χ1v) is 5.52. The van der Waals surface area contributed by atoms with Crippen LogP contribution in [0, 0.1) is 0 Å². The minimum atomic E-state index is 1.18. The molecule has 0 amide bonds. The minimum Gasteiger partial charge on any atom is -0.344 e. The number of hydrogen-bond donors (Lipinski definition) is 0. The van der Waals surface area contributed by atoms with Crippen LogP contribution in [0.1, 0.15) is 19.8 Å². The van der Waals surface area contributed by atoms with Gasteiger partial charge in [0.15, 0.2) is 0 Å². The van der Waals surface area contributed by atoms with Gasteiger partial charge in [-0.25, -0.2) is 0 Å². The number of nitrogens with zero attached hydrogens (tertiary/aromatic N) is 1. The highest BCUT2D eigenvalue weighted by Gasteiger charge is 2.08. The first kappa shape index (κ1) is 8.78.